The lowest BCUT2D eigenvalue weighted by molar-refractivity contribution is -0.132. The monoisotopic (exact) mass is 440 g/mol. The summed E-state index contributed by atoms with van der Waals surface area (Å²) in [7, 11) is 1.68. The van der Waals surface area contributed by atoms with E-state index in [9.17, 15) is 14.4 Å². The van der Waals surface area contributed by atoms with E-state index in [1.807, 2.05) is 24.3 Å². The van der Waals surface area contributed by atoms with E-state index in [0.29, 0.717) is 18.8 Å². The molecule has 2 atom stereocenters. The van der Waals surface area contributed by atoms with Gasteiger partial charge in [0, 0.05) is 24.7 Å². The molecule has 1 aliphatic rings. The number of nitrogens with one attached hydrogen (secondary N) is 1. The first-order valence-electron chi connectivity index (χ1n) is 11.3. The van der Waals surface area contributed by atoms with Crippen LogP contribution in [0.5, 0.6) is 0 Å². The number of hydrogen-bond donors (Lipinski definition) is 2. The average molecular weight is 441 g/mol. The largest absolute Gasteiger partial charge is 0.370 e. The van der Waals surface area contributed by atoms with Crippen molar-refractivity contribution < 1.29 is 14.4 Å². The number of benzene rings is 1. The summed E-state index contributed by atoms with van der Waals surface area (Å²) in [5.74, 6) is -1.59. The molecule has 0 aliphatic carbocycles. The van der Waals surface area contributed by atoms with E-state index in [0.717, 1.165) is 41.8 Å². The van der Waals surface area contributed by atoms with E-state index in [4.69, 9.17) is 5.73 Å². The molecule has 7 nitrogen and oxygen atoms in total. The number of carbonyl (C=O) groups is 3. The van der Waals surface area contributed by atoms with Crippen LogP contribution >= 0.6 is 0 Å². The second kappa shape index (κ2) is 11.6. The van der Waals surface area contributed by atoms with Crippen LogP contribution in [0.3, 0.4) is 0 Å². The van der Waals surface area contributed by atoms with Gasteiger partial charge in [-0.3, -0.25) is 19.4 Å². The third-order valence-electron chi connectivity index (χ3n) is 5.52. The van der Waals surface area contributed by atoms with Crippen LogP contribution in [-0.4, -0.2) is 36.6 Å². The minimum Gasteiger partial charge on any atom is -0.370 e. The van der Waals surface area contributed by atoms with Gasteiger partial charge in [0.1, 0.15) is 0 Å². The Balaban J connectivity index is 2.30. The molecule has 0 saturated carbocycles. The number of amides is 3. The number of likely N-dealkylation sites (N-methyl/N-ethyl adjacent to an activating group) is 1. The van der Waals surface area contributed by atoms with Crippen LogP contribution in [-0.2, 0) is 14.4 Å². The second-order valence-corrected chi connectivity index (χ2v) is 8.92. The van der Waals surface area contributed by atoms with Crippen molar-refractivity contribution in [3.8, 4) is 0 Å². The predicted molar refractivity (Wildman–Crippen MR) is 128 cm³/mol. The lowest BCUT2D eigenvalue weighted by Gasteiger charge is -2.23. The maximum Gasteiger partial charge on any atom is 0.272 e. The number of nitrogens with two attached hydrogens (primary N) is 1. The zero-order chi connectivity index (χ0) is 23.8. The molecule has 2 rings (SSSR count). The van der Waals surface area contributed by atoms with Crippen LogP contribution in [0.4, 0.5) is 5.69 Å². The number of nitrogens with zero attached hydrogens (tertiary/aromatic N) is 2. The lowest BCUT2D eigenvalue weighted by Crippen LogP contribution is -2.48. The van der Waals surface area contributed by atoms with Crippen molar-refractivity contribution >= 4 is 29.1 Å². The first-order chi connectivity index (χ1) is 15.1. The molecule has 3 N–H and O–H groups in total. The summed E-state index contributed by atoms with van der Waals surface area (Å²) >= 11 is 0. The fraction of sp³-hybridized carbons (Fsp3) is 0.520. The number of para-hydroxylation sites is 1. The Hall–Kier alpha value is -2.96. The van der Waals surface area contributed by atoms with E-state index in [2.05, 4.69) is 37.7 Å². The Kier molecular flexibility index (Phi) is 9.17. The fourth-order valence-corrected chi connectivity index (χ4v) is 3.99. The fourth-order valence-electron chi connectivity index (χ4n) is 3.99. The molecule has 0 bridgehead atoms. The van der Waals surface area contributed by atoms with Crippen LogP contribution in [0.25, 0.3) is 0 Å². The van der Waals surface area contributed by atoms with E-state index >= 15 is 0 Å². The summed E-state index contributed by atoms with van der Waals surface area (Å²) in [5, 5.41) is 2.78. The van der Waals surface area contributed by atoms with Crippen molar-refractivity contribution in [2.75, 3.05) is 11.9 Å². The average Bonchev–Trinajstić information content (AvgIpc) is 2.81. The van der Waals surface area contributed by atoms with Gasteiger partial charge in [-0.1, -0.05) is 57.5 Å². The van der Waals surface area contributed by atoms with Gasteiger partial charge < -0.3 is 16.0 Å². The molecule has 0 aromatic heterocycles. The minimum absolute atomic E-state index is 0.105. The Labute approximate surface area is 191 Å². The van der Waals surface area contributed by atoms with Crippen LogP contribution in [0, 0.1) is 11.8 Å². The first kappa shape index (κ1) is 25.3. The van der Waals surface area contributed by atoms with Crippen molar-refractivity contribution in [3.05, 3.63) is 42.0 Å². The summed E-state index contributed by atoms with van der Waals surface area (Å²) in [4.78, 5) is 44.1. The number of aliphatic imine (C=N–C) groups is 1. The molecule has 0 fully saturated rings. The summed E-state index contributed by atoms with van der Waals surface area (Å²) < 4.78 is 0. The second-order valence-electron chi connectivity index (χ2n) is 8.92. The number of fused-ring (bicyclic) bond motifs is 1. The van der Waals surface area contributed by atoms with Crippen LogP contribution < -0.4 is 16.0 Å². The number of rotatable bonds is 11. The van der Waals surface area contributed by atoms with Gasteiger partial charge in [-0.25, -0.2) is 0 Å². The van der Waals surface area contributed by atoms with Gasteiger partial charge in [0.05, 0.1) is 11.6 Å². The van der Waals surface area contributed by atoms with Crippen molar-refractivity contribution in [3.63, 3.8) is 0 Å². The number of unbranched alkanes of at least 4 members (excludes halogenated alkanes) is 1. The van der Waals surface area contributed by atoms with Gasteiger partial charge in [-0.05, 0) is 37.7 Å². The van der Waals surface area contributed by atoms with Gasteiger partial charge in [-0.15, -0.1) is 0 Å². The molecule has 1 aliphatic heterocycles. The Morgan fingerprint density at radius 1 is 1.22 bits per heavy atom. The highest BCUT2D eigenvalue weighted by Crippen LogP contribution is 2.27. The molecular formula is C25H36N4O3. The number of allylic oxidation sites excluding steroid dienone is 1. The van der Waals surface area contributed by atoms with Crippen molar-refractivity contribution in [1.29, 1.82) is 0 Å². The van der Waals surface area contributed by atoms with Gasteiger partial charge in [0.2, 0.25) is 18.0 Å². The third kappa shape index (κ3) is 6.77. The Bertz CT molecular complexity index is 891. The van der Waals surface area contributed by atoms with E-state index in [1.54, 1.807) is 7.05 Å². The molecule has 1 aromatic carbocycles. The Morgan fingerprint density at radius 3 is 2.53 bits per heavy atom. The number of benzodiazepines with no additional fused rings is 1. The van der Waals surface area contributed by atoms with E-state index in [-0.39, 0.29) is 12.3 Å². The molecule has 32 heavy (non-hydrogen) atoms. The maximum absolute atomic E-state index is 13.2. The Morgan fingerprint density at radius 2 is 1.91 bits per heavy atom. The van der Waals surface area contributed by atoms with Gasteiger partial charge in [-0.2, -0.15) is 0 Å². The summed E-state index contributed by atoms with van der Waals surface area (Å²) in [6, 6.07) is 7.62. The van der Waals surface area contributed by atoms with Crippen LogP contribution in [0.15, 0.2) is 41.4 Å². The molecular weight excluding hydrogens is 404 g/mol. The number of primary amides is 1. The van der Waals surface area contributed by atoms with Crippen LogP contribution in [0.2, 0.25) is 0 Å². The lowest BCUT2D eigenvalue weighted by atomic mass is 9.91. The third-order valence-corrected chi connectivity index (χ3v) is 5.52. The molecule has 0 spiro atoms. The zero-order valence-corrected chi connectivity index (χ0v) is 19.7. The summed E-state index contributed by atoms with van der Waals surface area (Å²) in [6.45, 7) is 10.3. The molecule has 0 radical (unpaired) electrons. The summed E-state index contributed by atoms with van der Waals surface area (Å²) in [6.07, 6.45) is 2.55. The first-order valence-corrected chi connectivity index (χ1v) is 11.3. The predicted octanol–water partition coefficient (Wildman–Crippen LogP) is 3.57. The van der Waals surface area contributed by atoms with E-state index in [1.165, 1.54) is 4.90 Å². The SMILES string of the molecule is C=C(CC(C)C)C[C@H](CC(N)=O)C(=O)N[C@H]1N=C(CCCC)c2ccccc2N(C)C1=O. The quantitative estimate of drug-likeness (QED) is 0.514. The molecule has 0 unspecified atom stereocenters. The number of hydrogen-bond acceptors (Lipinski definition) is 4. The standard InChI is InChI=1S/C25H36N4O3/c1-6-7-11-20-19-10-8-9-12-21(19)29(5)25(32)23(27-20)28-24(31)18(15-22(26)30)14-17(4)13-16(2)3/h8-10,12,16,18,23H,4,6-7,11,13-15H2,1-3,5H3,(H2,26,30)(H,28,31)/t18-,23-/m1/s1. The van der Waals surface area contributed by atoms with Gasteiger partial charge >= 0.3 is 0 Å². The van der Waals surface area contributed by atoms with Crippen molar-refractivity contribution in [2.45, 2.75) is 65.5 Å². The van der Waals surface area contributed by atoms with Gasteiger partial charge in [0.15, 0.2) is 0 Å². The van der Waals surface area contributed by atoms with Crippen molar-refractivity contribution in [2.24, 2.45) is 22.6 Å². The van der Waals surface area contributed by atoms with Crippen LogP contribution in [0.1, 0.15) is 64.9 Å². The summed E-state index contributed by atoms with van der Waals surface area (Å²) in [5.41, 5.74) is 8.73. The molecule has 0 saturated heterocycles. The topological polar surface area (TPSA) is 105 Å². The molecule has 1 heterocycles. The molecule has 1 aromatic rings. The number of anilines is 1. The van der Waals surface area contributed by atoms with E-state index < -0.39 is 23.9 Å². The molecule has 3 amide bonds. The highest BCUT2D eigenvalue weighted by atomic mass is 16.2. The molecule has 174 valence electrons. The highest BCUT2D eigenvalue weighted by molar-refractivity contribution is 6.13. The smallest absolute Gasteiger partial charge is 0.272 e. The normalized spacial score (nSPS) is 16.8. The minimum atomic E-state index is -1.06. The van der Waals surface area contributed by atoms with Gasteiger partial charge in [0.25, 0.3) is 5.91 Å². The zero-order valence-electron chi connectivity index (χ0n) is 19.7. The van der Waals surface area contributed by atoms with Crippen molar-refractivity contribution in [1.82, 2.24) is 5.32 Å². The molecule has 7 heteroatoms. The number of carbonyl (C=O) groups excluding carboxylic acids is 3. The highest BCUT2D eigenvalue weighted by Gasteiger charge is 2.32. The maximum atomic E-state index is 13.2.